The van der Waals surface area contributed by atoms with Crippen molar-refractivity contribution >= 4 is 5.91 Å². The van der Waals surface area contributed by atoms with E-state index in [1.54, 1.807) is 0 Å². The molecule has 1 N–H and O–H groups in total. The maximum absolute atomic E-state index is 12.1. The van der Waals surface area contributed by atoms with Crippen molar-refractivity contribution < 1.29 is 4.79 Å². The molecule has 0 aromatic carbocycles. The van der Waals surface area contributed by atoms with E-state index in [0.29, 0.717) is 25.3 Å². The standard InChI is InChI=1S/C17H26N4O/c1-4-5-9-17(19-20-17)10-6-16(22)18-15-7-11-21(12-8-15)13-14(2)3/h1,15H,2,5-13H2,3H3,(H,18,22). The lowest BCUT2D eigenvalue weighted by Gasteiger charge is -2.32. The number of nitrogens with one attached hydrogen (secondary N) is 1. The van der Waals surface area contributed by atoms with Crippen LogP contribution in [0.25, 0.3) is 0 Å². The van der Waals surface area contributed by atoms with E-state index < -0.39 is 0 Å². The van der Waals surface area contributed by atoms with Crippen LogP contribution < -0.4 is 5.32 Å². The highest BCUT2D eigenvalue weighted by molar-refractivity contribution is 5.76. The molecule has 1 saturated heterocycles. The molecule has 2 rings (SSSR count). The van der Waals surface area contributed by atoms with Crippen LogP contribution in [-0.2, 0) is 4.79 Å². The summed E-state index contributed by atoms with van der Waals surface area (Å²) in [7, 11) is 0. The number of carbonyl (C=O) groups excluding carboxylic acids is 1. The highest BCUT2D eigenvalue weighted by Crippen LogP contribution is 2.37. The third-order valence-electron chi connectivity index (χ3n) is 4.25. The molecule has 0 saturated carbocycles. The summed E-state index contributed by atoms with van der Waals surface area (Å²) in [4.78, 5) is 14.4. The summed E-state index contributed by atoms with van der Waals surface area (Å²) >= 11 is 0. The van der Waals surface area contributed by atoms with Gasteiger partial charge in [-0.25, -0.2) is 0 Å². The van der Waals surface area contributed by atoms with E-state index in [2.05, 4.69) is 39.9 Å². The molecule has 0 aromatic heterocycles. The fourth-order valence-electron chi connectivity index (χ4n) is 2.90. The second-order valence-corrected chi connectivity index (χ2v) is 6.46. The molecule has 22 heavy (non-hydrogen) atoms. The average molecular weight is 302 g/mol. The zero-order valence-electron chi connectivity index (χ0n) is 13.5. The average Bonchev–Trinajstić information content (AvgIpc) is 3.25. The Balaban J connectivity index is 1.62. The molecule has 5 nitrogen and oxygen atoms in total. The van der Waals surface area contributed by atoms with Gasteiger partial charge in [0.2, 0.25) is 5.91 Å². The van der Waals surface area contributed by atoms with Gasteiger partial charge < -0.3 is 5.32 Å². The summed E-state index contributed by atoms with van der Waals surface area (Å²) in [5.41, 5.74) is 0.839. The molecular formula is C17H26N4O. The van der Waals surface area contributed by atoms with Crippen LogP contribution in [-0.4, -0.2) is 42.1 Å². The number of rotatable bonds is 8. The van der Waals surface area contributed by atoms with Gasteiger partial charge in [0.05, 0.1) is 0 Å². The molecule has 0 aliphatic carbocycles. The van der Waals surface area contributed by atoms with Crippen LogP contribution in [0.1, 0.15) is 45.4 Å². The molecule has 1 fully saturated rings. The van der Waals surface area contributed by atoms with Gasteiger partial charge >= 0.3 is 0 Å². The van der Waals surface area contributed by atoms with Crippen LogP contribution in [0.3, 0.4) is 0 Å². The van der Waals surface area contributed by atoms with Crippen molar-refractivity contribution in [1.29, 1.82) is 0 Å². The van der Waals surface area contributed by atoms with Crippen molar-refractivity contribution in [2.45, 2.75) is 57.2 Å². The van der Waals surface area contributed by atoms with Gasteiger partial charge in [0, 0.05) is 51.4 Å². The van der Waals surface area contributed by atoms with E-state index in [0.717, 1.165) is 38.9 Å². The van der Waals surface area contributed by atoms with Crippen LogP contribution in [0.5, 0.6) is 0 Å². The Morgan fingerprint density at radius 3 is 2.64 bits per heavy atom. The Kier molecular flexibility index (Phi) is 5.73. The fraction of sp³-hybridized carbons (Fsp3) is 0.706. The third-order valence-corrected chi connectivity index (χ3v) is 4.25. The molecule has 0 atom stereocenters. The molecule has 0 radical (unpaired) electrons. The van der Waals surface area contributed by atoms with Gasteiger partial charge in [0.1, 0.15) is 0 Å². The molecule has 2 aliphatic heterocycles. The largest absolute Gasteiger partial charge is 0.353 e. The van der Waals surface area contributed by atoms with Crippen LogP contribution in [0, 0.1) is 12.3 Å². The number of hydrogen-bond acceptors (Lipinski definition) is 4. The second kappa shape index (κ2) is 7.55. The van der Waals surface area contributed by atoms with Crippen molar-refractivity contribution in [2.75, 3.05) is 19.6 Å². The van der Waals surface area contributed by atoms with Crippen LogP contribution >= 0.6 is 0 Å². The van der Waals surface area contributed by atoms with Crippen LogP contribution in [0.4, 0.5) is 0 Å². The lowest BCUT2D eigenvalue weighted by Crippen LogP contribution is -2.45. The van der Waals surface area contributed by atoms with Crippen molar-refractivity contribution in [1.82, 2.24) is 10.2 Å². The lowest BCUT2D eigenvalue weighted by atomic mass is 10.0. The number of piperidine rings is 1. The first-order valence-electron chi connectivity index (χ1n) is 8.07. The van der Waals surface area contributed by atoms with Gasteiger partial charge in [-0.2, -0.15) is 10.2 Å². The minimum absolute atomic E-state index is 0.107. The van der Waals surface area contributed by atoms with Gasteiger partial charge in [-0.1, -0.05) is 12.2 Å². The topological polar surface area (TPSA) is 57.1 Å². The highest BCUT2D eigenvalue weighted by Gasteiger charge is 2.39. The van der Waals surface area contributed by atoms with Crippen molar-refractivity contribution in [3.63, 3.8) is 0 Å². The third kappa shape index (κ3) is 5.27. The van der Waals surface area contributed by atoms with E-state index in [9.17, 15) is 4.79 Å². The Morgan fingerprint density at radius 2 is 2.09 bits per heavy atom. The van der Waals surface area contributed by atoms with Gasteiger partial charge in [0.15, 0.2) is 5.66 Å². The maximum Gasteiger partial charge on any atom is 0.220 e. The van der Waals surface area contributed by atoms with Crippen LogP contribution in [0.15, 0.2) is 22.4 Å². The van der Waals surface area contributed by atoms with Crippen molar-refractivity contribution in [2.24, 2.45) is 10.2 Å². The molecule has 0 bridgehead atoms. The van der Waals surface area contributed by atoms with E-state index in [-0.39, 0.29) is 11.6 Å². The normalized spacial score (nSPS) is 20.4. The van der Waals surface area contributed by atoms with E-state index >= 15 is 0 Å². The molecule has 0 spiro atoms. The molecular weight excluding hydrogens is 276 g/mol. The van der Waals surface area contributed by atoms with E-state index in [1.165, 1.54) is 5.57 Å². The Bertz CT molecular complexity index is 477. The summed E-state index contributed by atoms with van der Waals surface area (Å²) in [6, 6.07) is 0.295. The molecule has 5 heteroatoms. The maximum atomic E-state index is 12.1. The number of carbonyl (C=O) groups is 1. The summed E-state index contributed by atoms with van der Waals surface area (Å²) in [6.45, 7) is 9.01. The summed E-state index contributed by atoms with van der Waals surface area (Å²) in [5.74, 6) is 2.71. The second-order valence-electron chi connectivity index (χ2n) is 6.46. The summed E-state index contributed by atoms with van der Waals surface area (Å²) in [5, 5.41) is 11.3. The minimum Gasteiger partial charge on any atom is -0.353 e. The Labute approximate surface area is 133 Å². The zero-order chi connectivity index (χ0) is 16.0. The SMILES string of the molecule is C#CCCC1(CCC(=O)NC2CCN(CC(=C)C)CC2)N=N1. The molecule has 0 aromatic rings. The predicted molar refractivity (Wildman–Crippen MR) is 87.3 cm³/mol. The molecule has 120 valence electrons. The van der Waals surface area contributed by atoms with Crippen LogP contribution in [0.2, 0.25) is 0 Å². The van der Waals surface area contributed by atoms with E-state index in [1.807, 2.05) is 0 Å². The van der Waals surface area contributed by atoms with Crippen molar-refractivity contribution in [3.8, 4) is 12.3 Å². The van der Waals surface area contributed by atoms with Gasteiger partial charge in [-0.3, -0.25) is 9.69 Å². The minimum atomic E-state index is -0.353. The molecule has 1 amide bonds. The molecule has 2 heterocycles. The monoisotopic (exact) mass is 302 g/mol. The number of amides is 1. The van der Waals surface area contributed by atoms with Gasteiger partial charge in [-0.15, -0.1) is 12.3 Å². The smallest absolute Gasteiger partial charge is 0.220 e. The predicted octanol–water partition coefficient (Wildman–Crippen LogP) is 2.50. The Morgan fingerprint density at radius 1 is 1.41 bits per heavy atom. The first kappa shape index (κ1) is 16.7. The fourth-order valence-corrected chi connectivity index (χ4v) is 2.90. The van der Waals surface area contributed by atoms with Gasteiger partial charge in [-0.05, 0) is 19.8 Å². The molecule has 2 aliphatic rings. The first-order chi connectivity index (χ1) is 10.5. The first-order valence-corrected chi connectivity index (χ1v) is 8.07. The number of nitrogens with zero attached hydrogens (tertiary/aromatic N) is 3. The summed E-state index contributed by atoms with van der Waals surface area (Å²) < 4.78 is 0. The number of terminal acetylenes is 1. The quantitative estimate of drug-likeness (QED) is 0.553. The lowest BCUT2D eigenvalue weighted by molar-refractivity contribution is -0.122. The van der Waals surface area contributed by atoms with Crippen molar-refractivity contribution in [3.05, 3.63) is 12.2 Å². The zero-order valence-corrected chi connectivity index (χ0v) is 13.5. The highest BCUT2D eigenvalue weighted by atomic mass is 16.1. The van der Waals surface area contributed by atoms with E-state index in [4.69, 9.17) is 6.42 Å². The number of hydrogen-bond donors (Lipinski definition) is 1. The molecule has 0 unspecified atom stereocenters. The Hall–Kier alpha value is -1.67. The number of likely N-dealkylation sites (tertiary alicyclic amines) is 1. The summed E-state index contributed by atoms with van der Waals surface area (Å²) in [6.07, 6.45) is 9.86. The van der Waals surface area contributed by atoms with Gasteiger partial charge in [0.25, 0.3) is 0 Å².